The first kappa shape index (κ1) is 16.2. The van der Waals surface area contributed by atoms with Gasteiger partial charge in [-0.05, 0) is 24.7 Å². The maximum absolute atomic E-state index is 5.72. The molecule has 102 valence electrons. The van der Waals surface area contributed by atoms with Crippen molar-refractivity contribution < 1.29 is 4.74 Å². The summed E-state index contributed by atoms with van der Waals surface area (Å²) in [6.07, 6.45) is 2.05. The normalized spacial score (nSPS) is 12.5. The van der Waals surface area contributed by atoms with Gasteiger partial charge in [0.25, 0.3) is 0 Å². The van der Waals surface area contributed by atoms with Crippen LogP contribution < -0.4 is 11.1 Å². The van der Waals surface area contributed by atoms with Crippen LogP contribution in [0.25, 0.3) is 0 Å². The van der Waals surface area contributed by atoms with E-state index < -0.39 is 0 Å². The van der Waals surface area contributed by atoms with Gasteiger partial charge in [0.1, 0.15) is 0 Å². The molecule has 0 unspecified atom stereocenters. The standard InChI is InChI=1S/C13H29N3O/c1-11(2)6-8-16-13(14)15-7-5-9-17-10-12(3)4/h11-12H,5-10H2,1-4H3,(H3,14,15,16). The van der Waals surface area contributed by atoms with Gasteiger partial charge in [0.2, 0.25) is 0 Å². The van der Waals surface area contributed by atoms with Gasteiger partial charge in [-0.1, -0.05) is 27.7 Å². The Hall–Kier alpha value is -0.770. The second-order valence-electron chi connectivity index (χ2n) is 5.20. The van der Waals surface area contributed by atoms with Gasteiger partial charge in [0.15, 0.2) is 5.96 Å². The Labute approximate surface area is 106 Å². The highest BCUT2D eigenvalue weighted by atomic mass is 16.5. The Morgan fingerprint density at radius 1 is 1.24 bits per heavy atom. The monoisotopic (exact) mass is 243 g/mol. The Kier molecular flexibility index (Phi) is 9.92. The van der Waals surface area contributed by atoms with Crippen LogP contribution in [0.4, 0.5) is 0 Å². The number of ether oxygens (including phenoxy) is 1. The van der Waals surface area contributed by atoms with Crippen LogP contribution >= 0.6 is 0 Å². The van der Waals surface area contributed by atoms with Gasteiger partial charge >= 0.3 is 0 Å². The van der Waals surface area contributed by atoms with Gasteiger partial charge in [-0.2, -0.15) is 0 Å². The Morgan fingerprint density at radius 2 is 1.94 bits per heavy atom. The molecular formula is C13H29N3O. The molecule has 0 aromatic carbocycles. The molecule has 0 aromatic heterocycles. The molecule has 0 amide bonds. The highest BCUT2D eigenvalue weighted by molar-refractivity contribution is 5.77. The van der Waals surface area contributed by atoms with Crippen molar-refractivity contribution in [3.8, 4) is 0 Å². The molecule has 0 aromatic rings. The topological polar surface area (TPSA) is 59.6 Å². The minimum Gasteiger partial charge on any atom is -0.381 e. The van der Waals surface area contributed by atoms with Gasteiger partial charge in [0, 0.05) is 26.3 Å². The summed E-state index contributed by atoms with van der Waals surface area (Å²) in [4.78, 5) is 4.24. The molecule has 3 N–H and O–H groups in total. The van der Waals surface area contributed by atoms with Crippen LogP contribution in [0.5, 0.6) is 0 Å². The van der Waals surface area contributed by atoms with Crippen molar-refractivity contribution in [2.75, 3.05) is 26.3 Å². The lowest BCUT2D eigenvalue weighted by Crippen LogP contribution is -2.33. The number of hydrogen-bond donors (Lipinski definition) is 2. The van der Waals surface area contributed by atoms with Crippen molar-refractivity contribution in [3.05, 3.63) is 0 Å². The van der Waals surface area contributed by atoms with Crippen LogP contribution in [-0.2, 0) is 4.74 Å². The predicted octanol–water partition coefficient (Wildman–Crippen LogP) is 2.00. The highest BCUT2D eigenvalue weighted by Crippen LogP contribution is 1.96. The van der Waals surface area contributed by atoms with E-state index >= 15 is 0 Å². The molecule has 0 aliphatic carbocycles. The molecular weight excluding hydrogens is 214 g/mol. The predicted molar refractivity (Wildman–Crippen MR) is 74.2 cm³/mol. The second kappa shape index (κ2) is 10.4. The number of rotatable bonds is 9. The molecule has 0 atom stereocenters. The summed E-state index contributed by atoms with van der Waals surface area (Å²) in [5.74, 6) is 1.84. The SMILES string of the molecule is CC(C)CCNC(N)=NCCCOCC(C)C. The number of nitrogens with zero attached hydrogens (tertiary/aromatic N) is 1. The Morgan fingerprint density at radius 3 is 2.53 bits per heavy atom. The Bertz CT molecular complexity index is 203. The van der Waals surface area contributed by atoms with E-state index in [4.69, 9.17) is 10.5 Å². The van der Waals surface area contributed by atoms with Gasteiger partial charge in [-0.3, -0.25) is 4.99 Å². The van der Waals surface area contributed by atoms with E-state index in [2.05, 4.69) is 38.0 Å². The van der Waals surface area contributed by atoms with E-state index in [1.807, 2.05) is 0 Å². The van der Waals surface area contributed by atoms with Gasteiger partial charge < -0.3 is 15.8 Å². The molecule has 4 nitrogen and oxygen atoms in total. The first-order valence-electron chi connectivity index (χ1n) is 6.64. The van der Waals surface area contributed by atoms with E-state index in [1.54, 1.807) is 0 Å². The van der Waals surface area contributed by atoms with Gasteiger partial charge in [-0.25, -0.2) is 0 Å². The molecule has 0 fully saturated rings. The summed E-state index contributed by atoms with van der Waals surface area (Å²) in [6, 6.07) is 0. The minimum absolute atomic E-state index is 0.550. The smallest absolute Gasteiger partial charge is 0.188 e. The average Bonchev–Trinajstić information content (AvgIpc) is 2.22. The van der Waals surface area contributed by atoms with Crippen molar-refractivity contribution in [1.29, 1.82) is 0 Å². The van der Waals surface area contributed by atoms with Crippen molar-refractivity contribution in [1.82, 2.24) is 5.32 Å². The fraction of sp³-hybridized carbons (Fsp3) is 0.923. The van der Waals surface area contributed by atoms with Gasteiger partial charge in [-0.15, -0.1) is 0 Å². The first-order valence-corrected chi connectivity index (χ1v) is 6.64. The van der Waals surface area contributed by atoms with Crippen LogP contribution in [0.15, 0.2) is 4.99 Å². The molecule has 0 aliphatic rings. The summed E-state index contributed by atoms with van der Waals surface area (Å²) in [7, 11) is 0. The summed E-state index contributed by atoms with van der Waals surface area (Å²) in [5, 5.41) is 3.11. The zero-order chi connectivity index (χ0) is 13.1. The Balaban J connectivity index is 3.37. The molecule has 0 heterocycles. The lowest BCUT2D eigenvalue weighted by atomic mass is 10.1. The van der Waals surface area contributed by atoms with Crippen LogP contribution in [0.2, 0.25) is 0 Å². The third-order valence-corrected chi connectivity index (χ3v) is 2.21. The van der Waals surface area contributed by atoms with E-state index in [0.29, 0.717) is 17.8 Å². The van der Waals surface area contributed by atoms with Crippen LogP contribution in [0.1, 0.15) is 40.5 Å². The zero-order valence-corrected chi connectivity index (χ0v) is 11.8. The highest BCUT2D eigenvalue weighted by Gasteiger charge is 1.96. The summed E-state index contributed by atoms with van der Waals surface area (Å²) in [5.41, 5.74) is 5.72. The minimum atomic E-state index is 0.550. The number of hydrogen-bond acceptors (Lipinski definition) is 2. The fourth-order valence-electron chi connectivity index (χ4n) is 1.23. The third kappa shape index (κ3) is 13.2. The average molecular weight is 243 g/mol. The summed E-state index contributed by atoms with van der Waals surface area (Å²) < 4.78 is 5.46. The molecule has 0 radical (unpaired) electrons. The number of nitrogens with two attached hydrogens (primary N) is 1. The maximum atomic E-state index is 5.72. The van der Waals surface area contributed by atoms with E-state index in [9.17, 15) is 0 Å². The lowest BCUT2D eigenvalue weighted by Gasteiger charge is -2.08. The first-order chi connectivity index (χ1) is 8.02. The fourth-order valence-corrected chi connectivity index (χ4v) is 1.23. The number of aliphatic imine (C=N–C) groups is 1. The van der Waals surface area contributed by atoms with E-state index in [0.717, 1.165) is 39.1 Å². The summed E-state index contributed by atoms with van der Waals surface area (Å²) in [6.45, 7) is 11.9. The molecule has 17 heavy (non-hydrogen) atoms. The van der Waals surface area contributed by atoms with Crippen molar-refractivity contribution >= 4 is 5.96 Å². The lowest BCUT2D eigenvalue weighted by molar-refractivity contribution is 0.109. The molecule has 0 aliphatic heterocycles. The summed E-state index contributed by atoms with van der Waals surface area (Å²) >= 11 is 0. The molecule has 0 rings (SSSR count). The number of nitrogens with one attached hydrogen (secondary N) is 1. The van der Waals surface area contributed by atoms with Crippen LogP contribution in [0.3, 0.4) is 0 Å². The maximum Gasteiger partial charge on any atom is 0.188 e. The van der Waals surface area contributed by atoms with Crippen LogP contribution in [-0.4, -0.2) is 32.3 Å². The van der Waals surface area contributed by atoms with E-state index in [-0.39, 0.29) is 0 Å². The number of guanidine groups is 1. The zero-order valence-electron chi connectivity index (χ0n) is 11.8. The third-order valence-electron chi connectivity index (χ3n) is 2.21. The van der Waals surface area contributed by atoms with Crippen molar-refractivity contribution in [2.24, 2.45) is 22.6 Å². The molecule has 0 spiro atoms. The largest absolute Gasteiger partial charge is 0.381 e. The van der Waals surface area contributed by atoms with Gasteiger partial charge in [0.05, 0.1) is 0 Å². The second-order valence-corrected chi connectivity index (χ2v) is 5.20. The molecule has 0 bridgehead atoms. The quantitative estimate of drug-likeness (QED) is 0.370. The molecule has 0 saturated heterocycles. The van der Waals surface area contributed by atoms with Crippen molar-refractivity contribution in [3.63, 3.8) is 0 Å². The van der Waals surface area contributed by atoms with Crippen LogP contribution in [0, 0.1) is 11.8 Å². The molecule has 0 saturated carbocycles. The van der Waals surface area contributed by atoms with Crippen molar-refractivity contribution in [2.45, 2.75) is 40.5 Å². The van der Waals surface area contributed by atoms with E-state index in [1.165, 1.54) is 0 Å². The molecule has 4 heteroatoms.